The van der Waals surface area contributed by atoms with Gasteiger partial charge in [-0.15, -0.1) is 0 Å². The van der Waals surface area contributed by atoms with Gasteiger partial charge in [-0.25, -0.2) is 9.37 Å². The van der Waals surface area contributed by atoms with Gasteiger partial charge in [0.1, 0.15) is 11.9 Å². The van der Waals surface area contributed by atoms with Gasteiger partial charge in [-0.3, -0.25) is 0 Å². The maximum atomic E-state index is 13.6. The number of hydrogen-bond donors (Lipinski definition) is 0. The number of hydrogen-bond acceptors (Lipinski definition) is 2. The second kappa shape index (κ2) is 3.87. The van der Waals surface area contributed by atoms with Crippen LogP contribution in [0.25, 0.3) is 10.8 Å². The molecule has 5 heteroatoms. The third-order valence-corrected chi connectivity index (χ3v) is 3.25. The number of halogens is 3. The van der Waals surface area contributed by atoms with Gasteiger partial charge in [0.05, 0.1) is 5.39 Å². The lowest BCUT2D eigenvalue weighted by molar-refractivity contribution is 0.639. The molecule has 1 aromatic heterocycles. The fourth-order valence-corrected chi connectivity index (χ4v) is 2.68. The topological polar surface area (TPSA) is 36.7 Å². The highest BCUT2D eigenvalue weighted by Gasteiger charge is 2.12. The van der Waals surface area contributed by atoms with Crippen LogP contribution in [0.3, 0.4) is 0 Å². The number of nitrogens with zero attached hydrogens (tertiary/aromatic N) is 2. The summed E-state index contributed by atoms with van der Waals surface area (Å²) in [6, 6.07) is 4.78. The van der Waals surface area contributed by atoms with E-state index in [-0.39, 0.29) is 11.1 Å². The van der Waals surface area contributed by atoms with Crippen LogP contribution in [0.5, 0.6) is 0 Å². The molecule has 2 rings (SSSR count). The summed E-state index contributed by atoms with van der Waals surface area (Å²) in [7, 11) is 0. The van der Waals surface area contributed by atoms with Crippen LogP contribution in [0.15, 0.2) is 27.3 Å². The predicted molar refractivity (Wildman–Crippen MR) is 61.8 cm³/mol. The predicted octanol–water partition coefficient (Wildman–Crippen LogP) is 3.77. The van der Waals surface area contributed by atoms with E-state index in [9.17, 15) is 4.39 Å². The summed E-state index contributed by atoms with van der Waals surface area (Å²) in [5.74, 6) is -0.446. The van der Waals surface area contributed by atoms with E-state index in [2.05, 4.69) is 36.8 Å². The third kappa shape index (κ3) is 1.64. The minimum atomic E-state index is -0.446. The SMILES string of the molecule is N#Cc1ncc(Br)c2c(Br)ccc(F)c12. The standard InChI is InChI=1S/C10H3Br2FN2/c11-5-1-2-7(13)10-8(3-14)15-4-6(12)9(5)10/h1-2,4H. The van der Waals surface area contributed by atoms with Gasteiger partial charge in [-0.2, -0.15) is 5.26 Å². The summed E-state index contributed by atoms with van der Waals surface area (Å²) >= 11 is 6.59. The lowest BCUT2D eigenvalue weighted by Crippen LogP contribution is -1.90. The van der Waals surface area contributed by atoms with Gasteiger partial charge in [0.25, 0.3) is 0 Å². The van der Waals surface area contributed by atoms with Crippen LogP contribution in [0.2, 0.25) is 0 Å². The van der Waals surface area contributed by atoms with Crippen molar-refractivity contribution >= 4 is 42.6 Å². The Morgan fingerprint density at radius 3 is 2.60 bits per heavy atom. The van der Waals surface area contributed by atoms with Crippen molar-refractivity contribution in [2.45, 2.75) is 0 Å². The number of fused-ring (bicyclic) bond motifs is 1. The first-order chi connectivity index (χ1) is 7.15. The molecule has 0 amide bonds. The van der Waals surface area contributed by atoms with E-state index < -0.39 is 5.82 Å². The van der Waals surface area contributed by atoms with Crippen molar-refractivity contribution in [3.05, 3.63) is 38.8 Å². The minimum Gasteiger partial charge on any atom is -0.244 e. The van der Waals surface area contributed by atoms with Crippen LogP contribution in [0, 0.1) is 17.1 Å². The maximum absolute atomic E-state index is 13.6. The van der Waals surface area contributed by atoms with Crippen molar-refractivity contribution in [1.29, 1.82) is 5.26 Å². The Kier molecular flexibility index (Phi) is 2.72. The second-order valence-electron chi connectivity index (χ2n) is 2.85. The maximum Gasteiger partial charge on any atom is 0.151 e. The summed E-state index contributed by atoms with van der Waals surface area (Å²) in [6.45, 7) is 0. The van der Waals surface area contributed by atoms with Gasteiger partial charge in [-0.1, -0.05) is 15.9 Å². The van der Waals surface area contributed by atoms with Crippen molar-refractivity contribution in [2.24, 2.45) is 0 Å². The molecule has 0 aliphatic heterocycles. The highest BCUT2D eigenvalue weighted by Crippen LogP contribution is 2.33. The molecule has 1 heterocycles. The molecule has 2 aromatic rings. The molecule has 0 saturated heterocycles. The number of nitriles is 1. The highest BCUT2D eigenvalue weighted by atomic mass is 79.9. The van der Waals surface area contributed by atoms with Gasteiger partial charge in [0.2, 0.25) is 0 Å². The Morgan fingerprint density at radius 1 is 1.20 bits per heavy atom. The van der Waals surface area contributed by atoms with Crippen LogP contribution in [-0.2, 0) is 0 Å². The molecular formula is C10H3Br2FN2. The summed E-state index contributed by atoms with van der Waals surface area (Å²) in [5, 5.41) is 9.70. The molecule has 0 fully saturated rings. The fourth-order valence-electron chi connectivity index (χ4n) is 1.35. The number of benzene rings is 1. The summed E-state index contributed by atoms with van der Waals surface area (Å²) in [4.78, 5) is 3.86. The Labute approximate surface area is 102 Å². The number of rotatable bonds is 0. The molecule has 0 aliphatic carbocycles. The van der Waals surface area contributed by atoms with Gasteiger partial charge < -0.3 is 0 Å². The molecule has 0 unspecified atom stereocenters. The molecule has 0 radical (unpaired) electrons. The van der Waals surface area contributed by atoms with Crippen molar-refractivity contribution in [2.75, 3.05) is 0 Å². The summed E-state index contributed by atoms with van der Waals surface area (Å²) in [6.07, 6.45) is 1.49. The Morgan fingerprint density at radius 2 is 1.93 bits per heavy atom. The lowest BCUT2D eigenvalue weighted by Gasteiger charge is -2.05. The first kappa shape index (κ1) is 10.5. The first-order valence-electron chi connectivity index (χ1n) is 3.97. The fraction of sp³-hybridized carbons (Fsp3) is 0. The smallest absolute Gasteiger partial charge is 0.151 e. The Hall–Kier alpha value is -0.990. The van der Waals surface area contributed by atoms with E-state index in [0.29, 0.717) is 9.86 Å². The van der Waals surface area contributed by atoms with Gasteiger partial charge >= 0.3 is 0 Å². The third-order valence-electron chi connectivity index (χ3n) is 1.99. The average Bonchev–Trinajstić information content (AvgIpc) is 2.23. The van der Waals surface area contributed by atoms with Crippen LogP contribution >= 0.6 is 31.9 Å². The molecule has 0 saturated carbocycles. The molecule has 0 N–H and O–H groups in total. The quantitative estimate of drug-likeness (QED) is 0.737. The van der Waals surface area contributed by atoms with Crippen LogP contribution in [0.4, 0.5) is 4.39 Å². The van der Waals surface area contributed by atoms with Crippen molar-refractivity contribution in [3.8, 4) is 6.07 Å². The molecule has 2 nitrogen and oxygen atoms in total. The molecule has 1 aromatic carbocycles. The molecule has 0 atom stereocenters. The Balaban J connectivity index is 3.07. The van der Waals surface area contributed by atoms with Crippen LogP contribution in [-0.4, -0.2) is 4.98 Å². The largest absolute Gasteiger partial charge is 0.244 e. The van der Waals surface area contributed by atoms with Crippen molar-refractivity contribution < 1.29 is 4.39 Å². The monoisotopic (exact) mass is 328 g/mol. The molecule has 0 aliphatic rings. The summed E-state index contributed by atoms with van der Waals surface area (Å²) < 4.78 is 14.9. The van der Waals surface area contributed by atoms with Crippen molar-refractivity contribution in [3.63, 3.8) is 0 Å². The average molecular weight is 330 g/mol. The molecule has 15 heavy (non-hydrogen) atoms. The summed E-state index contributed by atoms with van der Waals surface area (Å²) in [5.41, 5.74) is 0.0898. The van der Waals surface area contributed by atoms with Crippen molar-refractivity contribution in [1.82, 2.24) is 4.98 Å². The zero-order chi connectivity index (χ0) is 11.0. The van der Waals surface area contributed by atoms with E-state index in [0.717, 1.165) is 4.47 Å². The second-order valence-corrected chi connectivity index (χ2v) is 4.55. The number of pyridine rings is 1. The van der Waals surface area contributed by atoms with E-state index in [1.165, 1.54) is 12.3 Å². The van der Waals surface area contributed by atoms with Gasteiger partial charge in [-0.05, 0) is 28.1 Å². The highest BCUT2D eigenvalue weighted by molar-refractivity contribution is 9.11. The normalized spacial score (nSPS) is 10.3. The molecular weight excluding hydrogens is 327 g/mol. The van der Waals surface area contributed by atoms with Gasteiger partial charge in [0.15, 0.2) is 5.69 Å². The Bertz CT molecular complexity index is 582. The van der Waals surface area contributed by atoms with E-state index in [1.807, 2.05) is 6.07 Å². The van der Waals surface area contributed by atoms with E-state index in [4.69, 9.17) is 5.26 Å². The zero-order valence-corrected chi connectivity index (χ0v) is 10.4. The molecule has 0 spiro atoms. The first-order valence-corrected chi connectivity index (χ1v) is 5.56. The molecule has 74 valence electrons. The minimum absolute atomic E-state index is 0.0898. The van der Waals surface area contributed by atoms with E-state index >= 15 is 0 Å². The van der Waals surface area contributed by atoms with Gasteiger partial charge in [0, 0.05) is 20.5 Å². The van der Waals surface area contributed by atoms with Crippen LogP contribution in [0.1, 0.15) is 5.69 Å². The van der Waals surface area contributed by atoms with E-state index in [1.54, 1.807) is 6.07 Å². The van der Waals surface area contributed by atoms with Crippen LogP contribution < -0.4 is 0 Å². The number of aromatic nitrogens is 1. The molecule has 0 bridgehead atoms. The lowest BCUT2D eigenvalue weighted by atomic mass is 10.1. The zero-order valence-electron chi connectivity index (χ0n) is 7.26.